The van der Waals surface area contributed by atoms with Gasteiger partial charge in [0, 0.05) is 38.6 Å². The molecule has 2 aliphatic rings. The molecule has 1 saturated heterocycles. The van der Waals surface area contributed by atoms with Gasteiger partial charge in [-0.2, -0.15) is 0 Å². The van der Waals surface area contributed by atoms with Crippen molar-refractivity contribution in [2.45, 2.75) is 34.2 Å². The Labute approximate surface area is 266 Å². The average Bonchev–Trinajstić information content (AvgIpc) is 3.29. The first kappa shape index (κ1) is 32.6. The predicted octanol–water partition coefficient (Wildman–Crippen LogP) is 1.71. The van der Waals surface area contributed by atoms with Crippen LogP contribution in [0, 0.1) is 0 Å². The number of β-lactam (4-membered cyclic amide) rings is 1. The molecule has 230 valence electrons. The molecule has 2 amide bonds. The van der Waals surface area contributed by atoms with E-state index in [-0.39, 0.29) is 38.6 Å². The van der Waals surface area contributed by atoms with Crippen molar-refractivity contribution in [1.29, 1.82) is 0 Å². The minimum Gasteiger partial charge on any atom is -0.477 e. The van der Waals surface area contributed by atoms with Gasteiger partial charge in [-0.05, 0) is 13.0 Å². The zero-order valence-electron chi connectivity index (χ0n) is 22.2. The molecule has 14 nitrogen and oxygen atoms in total. The monoisotopic (exact) mass is 689 g/mol. The topological polar surface area (TPSA) is 224 Å². The number of rotatable bonds is 13. The molecule has 0 spiro atoms. The SMILES string of the molecule is CC(CSc1cnccc1SC1=C(C(=O)O)N2C(=O)[C@@H](NC(=O)/C(=N\OCCF)c3nc(N)sc3Cl)[C@@H]2SC1)N=C(N)N. The van der Waals surface area contributed by atoms with Crippen LogP contribution in [0.4, 0.5) is 9.52 Å². The third-order valence-corrected chi connectivity index (χ3v) is 10.7. The van der Waals surface area contributed by atoms with Crippen LogP contribution in [-0.4, -0.2) is 91.7 Å². The molecular formula is C23H25ClFN9O5S4. The lowest BCUT2D eigenvalue weighted by molar-refractivity contribution is -0.150. The number of thioether (sulfide) groups is 3. The van der Waals surface area contributed by atoms with Crippen LogP contribution < -0.4 is 22.5 Å². The van der Waals surface area contributed by atoms with Gasteiger partial charge in [-0.1, -0.05) is 39.9 Å². The number of hydrogen-bond acceptors (Lipinski definition) is 13. The standard InChI is InChI=1S/C23H25ClFN9O5S4/c1-9(30-22(26)27)7-40-11-6-29-4-2-10(11)42-12-8-41-20-15(19(36)34(20)16(12)21(37)38)31-18(35)14(33-39-5-3-25)13-17(24)43-23(28)32-13/h2,4,6,9,15,20H,3,5,7-8H2,1H3,(H2,28,32)(H,31,35)(H,37,38)(H4,26,27,30)/b33-14-/t9?,15-,20+/m1/s1. The summed E-state index contributed by atoms with van der Waals surface area (Å²) in [5.74, 6) is -2.02. The highest BCUT2D eigenvalue weighted by Crippen LogP contribution is 2.46. The zero-order chi connectivity index (χ0) is 31.3. The number of nitrogens with two attached hydrogens (primary N) is 3. The van der Waals surface area contributed by atoms with Crippen molar-refractivity contribution < 1.29 is 28.7 Å². The summed E-state index contributed by atoms with van der Waals surface area (Å²) < 4.78 is 12.6. The Morgan fingerprint density at radius 1 is 1.40 bits per heavy atom. The number of oxime groups is 1. The van der Waals surface area contributed by atoms with Gasteiger partial charge in [0.15, 0.2) is 16.8 Å². The fourth-order valence-corrected chi connectivity index (χ4v) is 8.41. The van der Waals surface area contributed by atoms with Crippen LogP contribution in [0.1, 0.15) is 12.6 Å². The van der Waals surface area contributed by atoms with Gasteiger partial charge in [0.2, 0.25) is 0 Å². The summed E-state index contributed by atoms with van der Waals surface area (Å²) in [6, 6.07) is 0.511. The molecule has 0 bridgehead atoms. The first-order valence-corrected chi connectivity index (χ1v) is 16.3. The molecule has 1 unspecified atom stereocenters. The quantitative estimate of drug-likeness (QED) is 0.0505. The first-order valence-electron chi connectivity index (χ1n) is 12.2. The highest BCUT2D eigenvalue weighted by Gasteiger charge is 2.54. The average molecular weight is 690 g/mol. The minimum atomic E-state index is -1.29. The molecule has 43 heavy (non-hydrogen) atoms. The van der Waals surface area contributed by atoms with E-state index >= 15 is 0 Å². The fraction of sp³-hybridized carbons (Fsp3) is 0.348. The van der Waals surface area contributed by atoms with E-state index < -0.39 is 48.2 Å². The molecule has 2 aromatic heterocycles. The van der Waals surface area contributed by atoms with Crippen molar-refractivity contribution in [1.82, 2.24) is 20.2 Å². The summed E-state index contributed by atoms with van der Waals surface area (Å²) in [6.45, 7) is 0.570. The summed E-state index contributed by atoms with van der Waals surface area (Å²) in [5, 5.41) is 15.6. The Morgan fingerprint density at radius 3 is 2.81 bits per heavy atom. The van der Waals surface area contributed by atoms with Crippen LogP contribution >= 0.6 is 58.2 Å². The largest absolute Gasteiger partial charge is 0.477 e. The number of thiazole rings is 1. The molecular weight excluding hydrogens is 665 g/mol. The van der Waals surface area contributed by atoms with E-state index in [0.717, 1.165) is 26.0 Å². The van der Waals surface area contributed by atoms with Crippen molar-refractivity contribution in [2.75, 3.05) is 30.5 Å². The van der Waals surface area contributed by atoms with Crippen molar-refractivity contribution in [2.24, 2.45) is 21.6 Å². The number of halogens is 2. The number of guanidine groups is 1. The van der Waals surface area contributed by atoms with Crippen LogP contribution in [-0.2, 0) is 19.2 Å². The van der Waals surface area contributed by atoms with Gasteiger partial charge in [-0.15, -0.1) is 23.5 Å². The summed E-state index contributed by atoms with van der Waals surface area (Å²) >= 11 is 11.0. The Morgan fingerprint density at radius 2 is 2.16 bits per heavy atom. The number of fused-ring (bicyclic) bond motifs is 1. The molecule has 0 aromatic carbocycles. The number of carbonyl (C=O) groups excluding carboxylic acids is 2. The maximum absolute atomic E-state index is 13.2. The molecule has 2 aliphatic heterocycles. The van der Waals surface area contributed by atoms with Crippen LogP contribution in [0.25, 0.3) is 0 Å². The number of pyridine rings is 1. The number of carboxylic acids is 1. The Hall–Kier alpha value is -3.26. The van der Waals surface area contributed by atoms with Crippen molar-refractivity contribution in [3.8, 4) is 0 Å². The number of amides is 2. The van der Waals surface area contributed by atoms with E-state index in [0.29, 0.717) is 10.7 Å². The second-order valence-corrected chi connectivity index (χ2v) is 13.6. The fourth-order valence-electron chi connectivity index (χ4n) is 3.87. The number of anilines is 1. The van der Waals surface area contributed by atoms with Gasteiger partial charge < -0.3 is 32.5 Å². The van der Waals surface area contributed by atoms with Crippen molar-refractivity contribution in [3.05, 3.63) is 39.1 Å². The molecule has 0 saturated carbocycles. The lowest BCUT2D eigenvalue weighted by atomic mass is 10.0. The number of carbonyl (C=O) groups is 3. The molecule has 2 aromatic rings. The number of aliphatic carboxylic acids is 1. The van der Waals surface area contributed by atoms with E-state index in [2.05, 4.69) is 25.4 Å². The number of carboxylic acid groups (broad SMARTS) is 1. The van der Waals surface area contributed by atoms with Gasteiger partial charge >= 0.3 is 5.97 Å². The summed E-state index contributed by atoms with van der Waals surface area (Å²) in [5.41, 5.74) is 15.9. The van der Waals surface area contributed by atoms with E-state index in [4.69, 9.17) is 33.6 Å². The van der Waals surface area contributed by atoms with Crippen LogP contribution in [0.5, 0.6) is 0 Å². The van der Waals surface area contributed by atoms with Gasteiger partial charge in [0.05, 0.1) is 6.04 Å². The second-order valence-electron chi connectivity index (χ2n) is 8.71. The highest BCUT2D eigenvalue weighted by molar-refractivity contribution is 8.07. The molecule has 4 rings (SSSR count). The van der Waals surface area contributed by atoms with Gasteiger partial charge in [-0.25, -0.2) is 19.2 Å². The van der Waals surface area contributed by atoms with Crippen LogP contribution in [0.15, 0.2) is 49.0 Å². The maximum atomic E-state index is 13.2. The van der Waals surface area contributed by atoms with Gasteiger partial charge in [-0.3, -0.25) is 19.5 Å². The Bertz CT molecular complexity index is 1500. The molecule has 4 heterocycles. The number of nitrogens with one attached hydrogen (secondary N) is 1. The summed E-state index contributed by atoms with van der Waals surface area (Å²) in [7, 11) is 0. The number of hydrogen-bond donors (Lipinski definition) is 5. The Kier molecular flexibility index (Phi) is 11.0. The molecule has 0 radical (unpaired) electrons. The van der Waals surface area contributed by atoms with Crippen molar-refractivity contribution in [3.63, 3.8) is 0 Å². The normalized spacial score (nSPS) is 18.9. The minimum absolute atomic E-state index is 0.0158. The number of alkyl halides is 1. The van der Waals surface area contributed by atoms with Crippen LogP contribution in [0.2, 0.25) is 4.34 Å². The smallest absolute Gasteiger partial charge is 0.353 e. The molecule has 8 N–H and O–H groups in total. The van der Waals surface area contributed by atoms with Gasteiger partial charge in [0.25, 0.3) is 11.8 Å². The summed E-state index contributed by atoms with van der Waals surface area (Å²) in [4.78, 5) is 59.0. The van der Waals surface area contributed by atoms with Crippen LogP contribution in [0.3, 0.4) is 0 Å². The van der Waals surface area contributed by atoms with Crippen molar-refractivity contribution >= 4 is 92.8 Å². The number of aromatic nitrogens is 2. The molecule has 20 heteroatoms. The zero-order valence-corrected chi connectivity index (χ0v) is 26.3. The van der Waals surface area contributed by atoms with E-state index in [1.807, 2.05) is 6.92 Å². The molecule has 3 atom stereocenters. The Balaban J connectivity index is 1.52. The van der Waals surface area contributed by atoms with E-state index in [1.54, 1.807) is 18.5 Å². The number of aliphatic imine (C=N–C) groups is 1. The molecule has 1 fully saturated rings. The number of nitrogens with zero attached hydrogens (tertiary/aromatic N) is 5. The highest BCUT2D eigenvalue weighted by atomic mass is 35.5. The second kappa shape index (κ2) is 14.5. The maximum Gasteiger partial charge on any atom is 0.353 e. The first-order chi connectivity index (χ1) is 20.5. The van der Waals surface area contributed by atoms with Gasteiger partial charge in [0.1, 0.15) is 40.4 Å². The number of nitrogen functional groups attached to an aromatic ring is 1. The third kappa shape index (κ3) is 7.64. The predicted molar refractivity (Wildman–Crippen MR) is 166 cm³/mol. The lowest BCUT2D eigenvalue weighted by Crippen LogP contribution is -2.71. The lowest BCUT2D eigenvalue weighted by Gasteiger charge is -2.49. The van der Waals surface area contributed by atoms with E-state index in [1.165, 1.54) is 35.3 Å². The third-order valence-electron chi connectivity index (χ3n) is 5.62. The van der Waals surface area contributed by atoms with E-state index in [9.17, 15) is 23.9 Å². The summed E-state index contributed by atoms with van der Waals surface area (Å²) in [6.07, 6.45) is 3.25. The molecule has 0 aliphatic carbocycles.